The topological polar surface area (TPSA) is 69.9 Å². The van der Waals surface area contributed by atoms with Crippen LogP contribution in [-0.2, 0) is 4.74 Å². The van der Waals surface area contributed by atoms with Crippen LogP contribution in [0.5, 0.6) is 0 Å². The lowest BCUT2D eigenvalue weighted by molar-refractivity contribution is -0.0343. The summed E-state index contributed by atoms with van der Waals surface area (Å²) in [5.41, 5.74) is 0. The van der Waals surface area contributed by atoms with Crippen LogP contribution in [0.3, 0.4) is 0 Å². The van der Waals surface area contributed by atoms with E-state index in [2.05, 4.69) is 0 Å². The van der Waals surface area contributed by atoms with Crippen molar-refractivity contribution in [1.29, 1.82) is 0 Å². The molecule has 1 aliphatic rings. The van der Waals surface area contributed by atoms with Crippen LogP contribution in [0.15, 0.2) is 0 Å². The number of ether oxygens (including phenoxy) is 1. The van der Waals surface area contributed by atoms with Gasteiger partial charge in [0.2, 0.25) is 0 Å². The Balaban J connectivity index is 2.54. The van der Waals surface area contributed by atoms with E-state index in [1.165, 1.54) is 0 Å². The zero-order valence-electron chi connectivity index (χ0n) is 7.18. The van der Waals surface area contributed by atoms with Crippen molar-refractivity contribution in [3.63, 3.8) is 0 Å². The highest BCUT2D eigenvalue weighted by atomic mass is 16.5. The predicted octanol–water partition coefficient (Wildman–Crippen LogP) is -0.875. The van der Waals surface area contributed by atoms with Crippen molar-refractivity contribution < 1.29 is 20.1 Å². The van der Waals surface area contributed by atoms with E-state index in [-0.39, 0.29) is 25.2 Å². The number of hydrogen-bond donors (Lipinski definition) is 3. The Hall–Kier alpha value is -0.160. The molecule has 0 bridgehead atoms. The van der Waals surface area contributed by atoms with Crippen molar-refractivity contribution in [1.82, 2.24) is 0 Å². The summed E-state index contributed by atoms with van der Waals surface area (Å²) in [5.74, 6) is -0.0721. The molecule has 0 aromatic heterocycles. The Bertz CT molecular complexity index is 139. The van der Waals surface area contributed by atoms with Crippen LogP contribution >= 0.6 is 0 Å². The Morgan fingerprint density at radius 1 is 1.33 bits per heavy atom. The summed E-state index contributed by atoms with van der Waals surface area (Å²) in [7, 11) is 0. The fraction of sp³-hybridized carbons (Fsp3) is 1.00. The van der Waals surface area contributed by atoms with Gasteiger partial charge in [-0.1, -0.05) is 0 Å². The average Bonchev–Trinajstić information content (AvgIpc) is 2.18. The maximum absolute atomic E-state index is 9.34. The minimum Gasteiger partial charge on any atom is -0.396 e. The fourth-order valence-corrected chi connectivity index (χ4v) is 1.38. The van der Waals surface area contributed by atoms with Gasteiger partial charge in [-0.2, -0.15) is 0 Å². The molecular weight excluding hydrogens is 160 g/mol. The Morgan fingerprint density at radius 2 is 2.00 bits per heavy atom. The average molecular weight is 176 g/mol. The number of hydrogen-bond acceptors (Lipinski definition) is 4. The monoisotopic (exact) mass is 176 g/mol. The van der Waals surface area contributed by atoms with Crippen LogP contribution in [0.25, 0.3) is 0 Å². The molecule has 12 heavy (non-hydrogen) atoms. The highest BCUT2D eigenvalue weighted by Crippen LogP contribution is 2.20. The second-order valence-electron chi connectivity index (χ2n) is 3.35. The van der Waals surface area contributed by atoms with Gasteiger partial charge in [0.05, 0.1) is 18.8 Å². The highest BCUT2D eigenvalue weighted by molar-refractivity contribution is 4.78. The largest absolute Gasteiger partial charge is 0.396 e. The first-order valence-electron chi connectivity index (χ1n) is 4.23. The van der Waals surface area contributed by atoms with Gasteiger partial charge in [0.1, 0.15) is 6.10 Å². The molecule has 4 heteroatoms. The lowest BCUT2D eigenvalue weighted by Gasteiger charge is -2.18. The Labute approximate surface area is 71.8 Å². The van der Waals surface area contributed by atoms with Crippen molar-refractivity contribution >= 4 is 0 Å². The minimum absolute atomic E-state index is 0.00898. The molecule has 1 rings (SSSR count). The lowest BCUT2D eigenvalue weighted by atomic mass is 9.96. The maximum Gasteiger partial charge on any atom is 0.103 e. The molecular formula is C8H16O4. The molecule has 72 valence electrons. The van der Waals surface area contributed by atoms with E-state index in [0.717, 1.165) is 0 Å². The van der Waals surface area contributed by atoms with E-state index >= 15 is 0 Å². The van der Waals surface area contributed by atoms with Crippen LogP contribution in [0.2, 0.25) is 0 Å². The molecule has 4 atom stereocenters. The van der Waals surface area contributed by atoms with E-state index in [4.69, 9.17) is 9.84 Å². The van der Waals surface area contributed by atoms with Gasteiger partial charge in [-0.25, -0.2) is 0 Å². The summed E-state index contributed by atoms with van der Waals surface area (Å²) in [6, 6.07) is 0. The van der Waals surface area contributed by atoms with Crippen LogP contribution in [-0.4, -0.2) is 46.8 Å². The third-order valence-corrected chi connectivity index (χ3v) is 2.42. The summed E-state index contributed by atoms with van der Waals surface area (Å²) in [5, 5.41) is 27.5. The molecule has 0 radical (unpaired) electrons. The molecule has 0 saturated carbocycles. The maximum atomic E-state index is 9.34. The van der Waals surface area contributed by atoms with Gasteiger partial charge >= 0.3 is 0 Å². The van der Waals surface area contributed by atoms with Crippen LogP contribution < -0.4 is 0 Å². The standard InChI is InChI=1S/C8H16O4/c1-5-6(3-9)2-7(10)8(11)4-12-5/h5-11H,2-4H2,1H3/t5-,6-,7-,8+/m0/s1. The third-order valence-electron chi connectivity index (χ3n) is 2.42. The second-order valence-corrected chi connectivity index (χ2v) is 3.35. The SMILES string of the molecule is C[C@@H]1OC[C@@H](O)[C@@H](O)C[C@H]1CO. The highest BCUT2D eigenvalue weighted by Gasteiger charge is 2.29. The van der Waals surface area contributed by atoms with Gasteiger partial charge in [0, 0.05) is 12.5 Å². The van der Waals surface area contributed by atoms with Crippen molar-refractivity contribution in [2.75, 3.05) is 13.2 Å². The molecule has 0 aromatic carbocycles. The van der Waals surface area contributed by atoms with Gasteiger partial charge in [-0.15, -0.1) is 0 Å². The predicted molar refractivity (Wildman–Crippen MR) is 42.6 cm³/mol. The molecule has 0 unspecified atom stereocenters. The van der Waals surface area contributed by atoms with Gasteiger partial charge < -0.3 is 20.1 Å². The molecule has 4 nitrogen and oxygen atoms in total. The van der Waals surface area contributed by atoms with Crippen molar-refractivity contribution in [3.05, 3.63) is 0 Å². The van der Waals surface area contributed by atoms with E-state index < -0.39 is 12.2 Å². The minimum atomic E-state index is -0.816. The second kappa shape index (κ2) is 4.18. The smallest absolute Gasteiger partial charge is 0.103 e. The third kappa shape index (κ3) is 2.17. The number of rotatable bonds is 1. The molecule has 0 aromatic rings. The van der Waals surface area contributed by atoms with Crippen molar-refractivity contribution in [2.45, 2.75) is 31.7 Å². The molecule has 3 N–H and O–H groups in total. The molecule has 1 fully saturated rings. The first-order valence-corrected chi connectivity index (χ1v) is 4.23. The molecule has 0 amide bonds. The van der Waals surface area contributed by atoms with E-state index in [9.17, 15) is 10.2 Å². The summed E-state index contributed by atoms with van der Waals surface area (Å²) in [4.78, 5) is 0. The van der Waals surface area contributed by atoms with E-state index in [0.29, 0.717) is 6.42 Å². The first kappa shape index (κ1) is 9.92. The zero-order valence-corrected chi connectivity index (χ0v) is 7.18. The van der Waals surface area contributed by atoms with Crippen molar-refractivity contribution in [2.24, 2.45) is 5.92 Å². The van der Waals surface area contributed by atoms with Gasteiger partial charge in [-0.3, -0.25) is 0 Å². The van der Waals surface area contributed by atoms with E-state index in [1.54, 1.807) is 0 Å². The molecule has 1 heterocycles. The summed E-state index contributed by atoms with van der Waals surface area (Å²) >= 11 is 0. The van der Waals surface area contributed by atoms with Crippen LogP contribution in [0.1, 0.15) is 13.3 Å². The summed E-state index contributed by atoms with van der Waals surface area (Å²) in [6.45, 7) is 1.98. The van der Waals surface area contributed by atoms with Gasteiger partial charge in [0.25, 0.3) is 0 Å². The molecule has 0 spiro atoms. The van der Waals surface area contributed by atoms with Gasteiger partial charge in [0.15, 0.2) is 0 Å². The Morgan fingerprint density at radius 3 is 2.58 bits per heavy atom. The molecule has 0 aliphatic carbocycles. The number of aliphatic hydroxyl groups excluding tert-OH is 3. The van der Waals surface area contributed by atoms with Crippen LogP contribution in [0.4, 0.5) is 0 Å². The van der Waals surface area contributed by atoms with E-state index in [1.807, 2.05) is 6.92 Å². The molecule has 1 aliphatic heterocycles. The summed E-state index contributed by atoms with van der Waals surface area (Å²) < 4.78 is 5.22. The number of aliphatic hydroxyl groups is 3. The van der Waals surface area contributed by atoms with Crippen molar-refractivity contribution in [3.8, 4) is 0 Å². The fourth-order valence-electron chi connectivity index (χ4n) is 1.38. The first-order chi connectivity index (χ1) is 5.65. The summed E-state index contributed by atoms with van der Waals surface area (Å²) in [6.07, 6.45) is -1.28. The Kier molecular flexibility index (Phi) is 3.46. The normalized spacial score (nSPS) is 44.0. The lowest BCUT2D eigenvalue weighted by Crippen LogP contribution is -2.29. The zero-order chi connectivity index (χ0) is 9.14. The molecule has 1 saturated heterocycles. The quantitative estimate of drug-likeness (QED) is 0.485. The van der Waals surface area contributed by atoms with Gasteiger partial charge in [-0.05, 0) is 13.3 Å². The van der Waals surface area contributed by atoms with Crippen LogP contribution in [0, 0.1) is 5.92 Å².